The van der Waals surface area contributed by atoms with Gasteiger partial charge >= 0.3 is 0 Å². The van der Waals surface area contributed by atoms with Gasteiger partial charge in [0.2, 0.25) is 0 Å². The van der Waals surface area contributed by atoms with Crippen molar-refractivity contribution in [2.45, 2.75) is 13.5 Å². The summed E-state index contributed by atoms with van der Waals surface area (Å²) in [5.41, 5.74) is 2.48. The van der Waals surface area contributed by atoms with Gasteiger partial charge in [0.05, 0.1) is 5.69 Å². The minimum Gasteiger partial charge on any atom is -0.457 e. The average molecular weight is 321 g/mol. The number of hydrogen-bond donors (Lipinski definition) is 1. The van der Waals surface area contributed by atoms with Crippen molar-refractivity contribution in [3.63, 3.8) is 0 Å². The number of carbonyl (C=O) groups is 1. The van der Waals surface area contributed by atoms with Crippen LogP contribution in [0.1, 0.15) is 21.6 Å². The number of aryl methyl sites for hydroxylation is 2. The van der Waals surface area contributed by atoms with E-state index in [1.54, 1.807) is 16.8 Å². The first-order valence-electron chi connectivity index (χ1n) is 7.72. The summed E-state index contributed by atoms with van der Waals surface area (Å²) in [6, 6.07) is 16.6. The number of ether oxygens (including phenoxy) is 1. The Labute approximate surface area is 140 Å². The van der Waals surface area contributed by atoms with Crippen molar-refractivity contribution in [1.29, 1.82) is 0 Å². The molecule has 0 radical (unpaired) electrons. The van der Waals surface area contributed by atoms with Crippen molar-refractivity contribution in [2.75, 3.05) is 0 Å². The van der Waals surface area contributed by atoms with Crippen molar-refractivity contribution >= 4 is 5.91 Å². The third-order valence-corrected chi connectivity index (χ3v) is 3.63. The van der Waals surface area contributed by atoms with Crippen LogP contribution in [0.2, 0.25) is 0 Å². The smallest absolute Gasteiger partial charge is 0.251 e. The Morgan fingerprint density at radius 3 is 2.58 bits per heavy atom. The van der Waals surface area contributed by atoms with E-state index in [-0.39, 0.29) is 5.91 Å². The summed E-state index contributed by atoms with van der Waals surface area (Å²) in [5.74, 6) is 1.23. The Morgan fingerprint density at radius 2 is 1.88 bits per heavy atom. The number of aromatic nitrogens is 2. The first-order valence-corrected chi connectivity index (χ1v) is 7.72. The molecule has 0 saturated carbocycles. The minimum atomic E-state index is -0.142. The molecule has 1 heterocycles. The Hall–Kier alpha value is -3.08. The van der Waals surface area contributed by atoms with E-state index in [2.05, 4.69) is 10.4 Å². The summed E-state index contributed by atoms with van der Waals surface area (Å²) in [7, 11) is 1.86. The molecular weight excluding hydrogens is 302 g/mol. The Bertz CT molecular complexity index is 841. The number of amides is 1. The Kier molecular flexibility index (Phi) is 4.61. The summed E-state index contributed by atoms with van der Waals surface area (Å²) in [5, 5.41) is 7.18. The van der Waals surface area contributed by atoms with Crippen LogP contribution in [0.4, 0.5) is 0 Å². The van der Waals surface area contributed by atoms with Gasteiger partial charge in [-0.25, -0.2) is 0 Å². The third kappa shape index (κ3) is 3.81. The summed E-state index contributed by atoms with van der Waals surface area (Å²) >= 11 is 0. The average Bonchev–Trinajstić information content (AvgIpc) is 2.91. The van der Waals surface area contributed by atoms with Crippen LogP contribution >= 0.6 is 0 Å². The van der Waals surface area contributed by atoms with Crippen LogP contribution in [0.5, 0.6) is 11.5 Å². The molecular formula is C19H19N3O2. The van der Waals surface area contributed by atoms with E-state index in [9.17, 15) is 4.79 Å². The summed E-state index contributed by atoms with van der Waals surface area (Å²) < 4.78 is 7.50. The van der Waals surface area contributed by atoms with Gasteiger partial charge in [0.25, 0.3) is 5.91 Å². The molecule has 0 saturated heterocycles. The number of rotatable bonds is 5. The van der Waals surface area contributed by atoms with Gasteiger partial charge in [-0.1, -0.05) is 24.3 Å². The summed E-state index contributed by atoms with van der Waals surface area (Å²) in [6.45, 7) is 2.37. The second-order valence-electron chi connectivity index (χ2n) is 5.54. The lowest BCUT2D eigenvalue weighted by molar-refractivity contribution is 0.0950. The maximum Gasteiger partial charge on any atom is 0.251 e. The van der Waals surface area contributed by atoms with Gasteiger partial charge in [0.15, 0.2) is 0 Å². The first-order chi connectivity index (χ1) is 11.6. The molecule has 3 aromatic rings. The predicted molar refractivity (Wildman–Crippen MR) is 92.1 cm³/mol. The third-order valence-electron chi connectivity index (χ3n) is 3.63. The van der Waals surface area contributed by atoms with Gasteiger partial charge in [-0.05, 0) is 37.3 Å². The molecule has 2 aromatic carbocycles. The normalized spacial score (nSPS) is 10.4. The van der Waals surface area contributed by atoms with Gasteiger partial charge in [0.1, 0.15) is 11.5 Å². The lowest BCUT2D eigenvalue weighted by Gasteiger charge is -2.08. The van der Waals surface area contributed by atoms with Crippen LogP contribution < -0.4 is 10.1 Å². The van der Waals surface area contributed by atoms with E-state index in [0.29, 0.717) is 17.9 Å². The van der Waals surface area contributed by atoms with Crippen LogP contribution in [0.15, 0.2) is 60.8 Å². The SMILES string of the molecule is Cc1nn(C)cc1CNC(=O)c1cccc(Oc2ccccc2)c1. The van der Waals surface area contributed by atoms with E-state index in [1.807, 2.05) is 62.6 Å². The fraction of sp³-hybridized carbons (Fsp3) is 0.158. The number of benzene rings is 2. The zero-order valence-electron chi connectivity index (χ0n) is 13.7. The summed E-state index contributed by atoms with van der Waals surface area (Å²) in [6.07, 6.45) is 1.91. The molecule has 0 bridgehead atoms. The molecule has 1 aromatic heterocycles. The van der Waals surface area contributed by atoms with Crippen LogP contribution in [0.3, 0.4) is 0 Å². The number of hydrogen-bond acceptors (Lipinski definition) is 3. The lowest BCUT2D eigenvalue weighted by atomic mass is 10.2. The molecule has 122 valence electrons. The van der Waals surface area contributed by atoms with Crippen LogP contribution in [0.25, 0.3) is 0 Å². The number of para-hydroxylation sites is 1. The van der Waals surface area contributed by atoms with Gasteiger partial charge < -0.3 is 10.1 Å². The number of carbonyl (C=O) groups excluding carboxylic acids is 1. The fourth-order valence-electron chi connectivity index (χ4n) is 2.43. The van der Waals surface area contributed by atoms with Crippen molar-refractivity contribution < 1.29 is 9.53 Å². The maximum atomic E-state index is 12.3. The van der Waals surface area contributed by atoms with Crippen LogP contribution in [0, 0.1) is 6.92 Å². The molecule has 5 nitrogen and oxygen atoms in total. The molecule has 1 N–H and O–H groups in total. The highest BCUT2D eigenvalue weighted by atomic mass is 16.5. The molecule has 24 heavy (non-hydrogen) atoms. The molecule has 1 amide bonds. The second kappa shape index (κ2) is 7.00. The van der Waals surface area contributed by atoms with E-state index < -0.39 is 0 Å². The van der Waals surface area contributed by atoms with Gasteiger partial charge in [-0.2, -0.15) is 5.10 Å². The van der Waals surface area contributed by atoms with E-state index in [0.717, 1.165) is 17.0 Å². The highest BCUT2D eigenvalue weighted by Crippen LogP contribution is 2.21. The summed E-state index contributed by atoms with van der Waals surface area (Å²) in [4.78, 5) is 12.3. The van der Waals surface area contributed by atoms with Crippen molar-refractivity contribution in [2.24, 2.45) is 7.05 Å². The van der Waals surface area contributed by atoms with Gasteiger partial charge in [-0.15, -0.1) is 0 Å². The zero-order chi connectivity index (χ0) is 16.9. The fourth-order valence-corrected chi connectivity index (χ4v) is 2.43. The van der Waals surface area contributed by atoms with Crippen LogP contribution in [-0.2, 0) is 13.6 Å². The molecule has 0 unspecified atom stereocenters. The van der Waals surface area contributed by atoms with Crippen molar-refractivity contribution in [3.8, 4) is 11.5 Å². The Morgan fingerprint density at radius 1 is 1.12 bits per heavy atom. The molecule has 0 aliphatic heterocycles. The minimum absolute atomic E-state index is 0.142. The Balaban J connectivity index is 1.67. The first kappa shape index (κ1) is 15.8. The topological polar surface area (TPSA) is 56.2 Å². The van der Waals surface area contributed by atoms with E-state index >= 15 is 0 Å². The quantitative estimate of drug-likeness (QED) is 0.783. The van der Waals surface area contributed by atoms with Gasteiger partial charge in [0, 0.05) is 30.9 Å². The molecule has 3 rings (SSSR count). The second-order valence-corrected chi connectivity index (χ2v) is 5.54. The number of nitrogens with one attached hydrogen (secondary N) is 1. The lowest BCUT2D eigenvalue weighted by Crippen LogP contribution is -2.22. The monoisotopic (exact) mass is 321 g/mol. The molecule has 0 aliphatic rings. The molecule has 5 heteroatoms. The highest BCUT2D eigenvalue weighted by Gasteiger charge is 2.09. The van der Waals surface area contributed by atoms with E-state index in [1.165, 1.54) is 0 Å². The molecule has 0 spiro atoms. The zero-order valence-corrected chi connectivity index (χ0v) is 13.7. The van der Waals surface area contributed by atoms with E-state index in [4.69, 9.17) is 4.74 Å². The maximum absolute atomic E-state index is 12.3. The number of nitrogens with zero attached hydrogens (tertiary/aromatic N) is 2. The highest BCUT2D eigenvalue weighted by molar-refractivity contribution is 5.94. The van der Waals surface area contributed by atoms with Crippen molar-refractivity contribution in [3.05, 3.63) is 77.6 Å². The largest absolute Gasteiger partial charge is 0.457 e. The van der Waals surface area contributed by atoms with Crippen LogP contribution in [-0.4, -0.2) is 15.7 Å². The molecule has 0 aliphatic carbocycles. The standard InChI is InChI=1S/C19H19N3O2/c1-14-16(13-22(2)21-14)12-20-19(23)15-7-6-10-18(11-15)24-17-8-4-3-5-9-17/h3-11,13H,12H2,1-2H3,(H,20,23). The molecule has 0 fully saturated rings. The molecule has 0 atom stereocenters. The predicted octanol–water partition coefficient (Wildman–Crippen LogP) is 3.45. The van der Waals surface area contributed by atoms with Crippen molar-refractivity contribution in [1.82, 2.24) is 15.1 Å². The van der Waals surface area contributed by atoms with Gasteiger partial charge in [-0.3, -0.25) is 9.48 Å².